The van der Waals surface area contributed by atoms with Crippen molar-refractivity contribution in [3.05, 3.63) is 47.2 Å². The molecule has 1 N–H and O–H groups in total. The van der Waals surface area contributed by atoms with Crippen LogP contribution in [-0.4, -0.2) is 18.6 Å². The van der Waals surface area contributed by atoms with Gasteiger partial charge in [0, 0.05) is 23.9 Å². The molecule has 2 aromatic rings. The monoisotopic (exact) mass is 286 g/mol. The van der Waals surface area contributed by atoms with Crippen molar-refractivity contribution in [3.63, 3.8) is 0 Å². The highest BCUT2D eigenvalue weighted by Gasteiger charge is 2.11. The number of aromatic nitrogens is 1. The molecule has 0 aliphatic heterocycles. The predicted octanol–water partition coefficient (Wildman–Crippen LogP) is 3.61. The van der Waals surface area contributed by atoms with Gasteiger partial charge in [-0.2, -0.15) is 0 Å². The lowest BCUT2D eigenvalue weighted by atomic mass is 10.1. The fourth-order valence-corrected chi connectivity index (χ4v) is 2.21. The lowest BCUT2D eigenvalue weighted by Gasteiger charge is -2.14. The normalized spacial score (nSPS) is 10.5. The van der Waals surface area contributed by atoms with E-state index >= 15 is 0 Å². The molecular formula is C17H22N2O2. The van der Waals surface area contributed by atoms with E-state index in [-0.39, 0.29) is 0 Å². The van der Waals surface area contributed by atoms with Gasteiger partial charge in [-0.15, -0.1) is 0 Å². The van der Waals surface area contributed by atoms with E-state index in [1.807, 2.05) is 45.2 Å². The summed E-state index contributed by atoms with van der Waals surface area (Å²) in [6.45, 7) is 7.37. The lowest BCUT2D eigenvalue weighted by molar-refractivity contribution is 0.337. The van der Waals surface area contributed by atoms with E-state index in [0.29, 0.717) is 12.5 Å². The van der Waals surface area contributed by atoms with Crippen LogP contribution >= 0.6 is 0 Å². The highest BCUT2D eigenvalue weighted by Crippen LogP contribution is 2.28. The van der Waals surface area contributed by atoms with Crippen LogP contribution in [0, 0.1) is 13.8 Å². The second-order valence-electron chi connectivity index (χ2n) is 4.90. The summed E-state index contributed by atoms with van der Waals surface area (Å²) in [4.78, 5) is 4.52. The second kappa shape index (κ2) is 7.09. The standard InChI is InChI=1S/C17H22N2O2/c1-5-20-14-7-6-8-15(10-14)21-17-16(11-18-4)12(2)9-13(3)19-17/h6-10,18H,5,11H2,1-4H3. The van der Waals surface area contributed by atoms with Crippen LogP contribution in [0.15, 0.2) is 30.3 Å². The van der Waals surface area contributed by atoms with E-state index in [2.05, 4.69) is 23.3 Å². The molecule has 0 bridgehead atoms. The first kappa shape index (κ1) is 15.3. The molecule has 1 aromatic heterocycles. The van der Waals surface area contributed by atoms with Gasteiger partial charge >= 0.3 is 0 Å². The Morgan fingerprint density at radius 2 is 1.90 bits per heavy atom. The zero-order valence-corrected chi connectivity index (χ0v) is 13.1. The molecule has 4 nitrogen and oxygen atoms in total. The number of rotatable bonds is 6. The average Bonchev–Trinajstić information content (AvgIpc) is 2.43. The van der Waals surface area contributed by atoms with E-state index in [0.717, 1.165) is 29.3 Å². The van der Waals surface area contributed by atoms with Crippen molar-refractivity contribution in [2.75, 3.05) is 13.7 Å². The van der Waals surface area contributed by atoms with E-state index in [9.17, 15) is 0 Å². The summed E-state index contributed by atoms with van der Waals surface area (Å²) in [5.74, 6) is 2.18. The van der Waals surface area contributed by atoms with Crippen LogP contribution in [0.25, 0.3) is 0 Å². The number of nitrogens with zero attached hydrogens (tertiary/aromatic N) is 1. The lowest BCUT2D eigenvalue weighted by Crippen LogP contribution is -2.09. The zero-order chi connectivity index (χ0) is 15.2. The summed E-state index contributed by atoms with van der Waals surface area (Å²) >= 11 is 0. The van der Waals surface area contributed by atoms with Gasteiger partial charge in [-0.25, -0.2) is 4.98 Å². The maximum Gasteiger partial charge on any atom is 0.224 e. The van der Waals surface area contributed by atoms with Crippen molar-refractivity contribution >= 4 is 0 Å². The number of benzene rings is 1. The molecule has 0 atom stereocenters. The number of aryl methyl sites for hydroxylation is 2. The summed E-state index contributed by atoms with van der Waals surface area (Å²) in [7, 11) is 1.92. The Bertz CT molecular complexity index is 612. The van der Waals surface area contributed by atoms with Crippen molar-refractivity contribution in [1.82, 2.24) is 10.3 Å². The number of nitrogens with one attached hydrogen (secondary N) is 1. The largest absolute Gasteiger partial charge is 0.494 e. The van der Waals surface area contributed by atoms with Crippen LogP contribution in [0.2, 0.25) is 0 Å². The second-order valence-corrected chi connectivity index (χ2v) is 4.90. The Kier molecular flexibility index (Phi) is 5.17. The Labute approximate surface area is 126 Å². The fourth-order valence-electron chi connectivity index (χ4n) is 2.21. The Morgan fingerprint density at radius 1 is 1.14 bits per heavy atom. The Hall–Kier alpha value is -2.07. The van der Waals surface area contributed by atoms with Gasteiger partial charge in [0.2, 0.25) is 5.88 Å². The quantitative estimate of drug-likeness (QED) is 0.881. The van der Waals surface area contributed by atoms with E-state index in [4.69, 9.17) is 9.47 Å². The molecule has 0 saturated heterocycles. The van der Waals surface area contributed by atoms with Crippen molar-refractivity contribution in [2.45, 2.75) is 27.3 Å². The molecule has 0 radical (unpaired) electrons. The molecule has 0 spiro atoms. The van der Waals surface area contributed by atoms with Gasteiger partial charge in [0.05, 0.1) is 6.61 Å². The summed E-state index contributed by atoms with van der Waals surface area (Å²) in [6.07, 6.45) is 0. The highest BCUT2D eigenvalue weighted by molar-refractivity contribution is 5.40. The van der Waals surface area contributed by atoms with Crippen LogP contribution in [0.4, 0.5) is 0 Å². The summed E-state index contributed by atoms with van der Waals surface area (Å²) in [5.41, 5.74) is 3.20. The number of hydrogen-bond donors (Lipinski definition) is 1. The predicted molar refractivity (Wildman–Crippen MR) is 84.2 cm³/mol. The third-order valence-corrected chi connectivity index (χ3v) is 3.12. The molecule has 0 amide bonds. The van der Waals surface area contributed by atoms with Crippen LogP contribution in [0.5, 0.6) is 17.4 Å². The van der Waals surface area contributed by atoms with Crippen molar-refractivity contribution in [1.29, 1.82) is 0 Å². The Morgan fingerprint density at radius 3 is 2.62 bits per heavy atom. The molecule has 0 fully saturated rings. The van der Waals surface area contributed by atoms with Gasteiger partial charge in [-0.05, 0) is 51.6 Å². The van der Waals surface area contributed by atoms with E-state index < -0.39 is 0 Å². The topological polar surface area (TPSA) is 43.4 Å². The molecule has 21 heavy (non-hydrogen) atoms. The van der Waals surface area contributed by atoms with Crippen LogP contribution in [0.3, 0.4) is 0 Å². The fraction of sp³-hybridized carbons (Fsp3) is 0.353. The SMILES string of the molecule is CCOc1cccc(Oc2nc(C)cc(C)c2CNC)c1. The highest BCUT2D eigenvalue weighted by atomic mass is 16.5. The molecule has 112 valence electrons. The molecule has 2 rings (SSSR count). The first-order valence-electron chi connectivity index (χ1n) is 7.16. The van der Waals surface area contributed by atoms with Gasteiger partial charge in [-0.3, -0.25) is 0 Å². The number of ether oxygens (including phenoxy) is 2. The van der Waals surface area contributed by atoms with Crippen LogP contribution < -0.4 is 14.8 Å². The minimum absolute atomic E-state index is 0.635. The Balaban J connectivity index is 2.32. The maximum absolute atomic E-state index is 5.98. The van der Waals surface area contributed by atoms with Crippen molar-refractivity contribution in [3.8, 4) is 17.4 Å². The number of hydrogen-bond acceptors (Lipinski definition) is 4. The van der Waals surface area contributed by atoms with Gasteiger partial charge in [-0.1, -0.05) is 6.07 Å². The zero-order valence-electron chi connectivity index (χ0n) is 13.1. The van der Waals surface area contributed by atoms with Gasteiger partial charge in [0.1, 0.15) is 11.5 Å². The summed E-state index contributed by atoms with van der Waals surface area (Å²) in [6, 6.07) is 9.69. The van der Waals surface area contributed by atoms with E-state index in [1.165, 1.54) is 5.56 Å². The summed E-state index contributed by atoms with van der Waals surface area (Å²) in [5, 5.41) is 3.16. The minimum atomic E-state index is 0.635. The van der Waals surface area contributed by atoms with Crippen LogP contribution in [-0.2, 0) is 6.54 Å². The van der Waals surface area contributed by atoms with Gasteiger partial charge < -0.3 is 14.8 Å². The van der Waals surface area contributed by atoms with Gasteiger partial charge in [0.15, 0.2) is 0 Å². The van der Waals surface area contributed by atoms with E-state index in [1.54, 1.807) is 0 Å². The van der Waals surface area contributed by atoms with Crippen molar-refractivity contribution in [2.24, 2.45) is 0 Å². The molecule has 0 saturated carbocycles. The van der Waals surface area contributed by atoms with Crippen LogP contribution in [0.1, 0.15) is 23.7 Å². The molecule has 0 unspecified atom stereocenters. The molecule has 4 heteroatoms. The van der Waals surface area contributed by atoms with Crippen molar-refractivity contribution < 1.29 is 9.47 Å². The maximum atomic E-state index is 5.98. The molecule has 1 heterocycles. The molecule has 0 aliphatic rings. The first-order chi connectivity index (χ1) is 10.1. The molecular weight excluding hydrogens is 264 g/mol. The summed E-state index contributed by atoms with van der Waals surface area (Å²) < 4.78 is 11.5. The molecule has 1 aromatic carbocycles. The average molecular weight is 286 g/mol. The third kappa shape index (κ3) is 3.95. The molecule has 0 aliphatic carbocycles. The smallest absolute Gasteiger partial charge is 0.224 e. The third-order valence-electron chi connectivity index (χ3n) is 3.12. The first-order valence-corrected chi connectivity index (χ1v) is 7.16. The number of pyridine rings is 1. The minimum Gasteiger partial charge on any atom is -0.494 e. The van der Waals surface area contributed by atoms with Gasteiger partial charge in [0.25, 0.3) is 0 Å².